The number of carbonyl (C=O) groups is 2. The second-order valence-electron chi connectivity index (χ2n) is 6.04. The highest BCUT2D eigenvalue weighted by molar-refractivity contribution is 5.95. The third-order valence-corrected chi connectivity index (χ3v) is 3.74. The molecule has 1 aromatic carbocycles. The van der Waals surface area contributed by atoms with Crippen molar-refractivity contribution in [3.05, 3.63) is 40.6 Å². The first kappa shape index (κ1) is 17.7. The minimum Gasteiger partial charge on any atom is -0.360 e. The minimum absolute atomic E-state index is 0.0878. The second-order valence-corrected chi connectivity index (χ2v) is 6.04. The van der Waals surface area contributed by atoms with Crippen LogP contribution < -0.4 is 10.2 Å². The lowest BCUT2D eigenvalue weighted by Crippen LogP contribution is -2.33. The molecule has 6 nitrogen and oxygen atoms in total. The van der Waals surface area contributed by atoms with Crippen molar-refractivity contribution in [2.45, 2.75) is 41.0 Å². The Kier molecular flexibility index (Phi) is 5.39. The van der Waals surface area contributed by atoms with Gasteiger partial charge in [0.2, 0.25) is 11.8 Å². The molecule has 1 aromatic heterocycles. The van der Waals surface area contributed by atoms with Crippen LogP contribution in [0.25, 0.3) is 0 Å². The molecule has 0 bridgehead atoms. The van der Waals surface area contributed by atoms with Crippen molar-refractivity contribution in [2.24, 2.45) is 0 Å². The summed E-state index contributed by atoms with van der Waals surface area (Å²) < 4.78 is 4.91. The van der Waals surface area contributed by atoms with Gasteiger partial charge < -0.3 is 14.7 Å². The van der Waals surface area contributed by atoms with Crippen LogP contribution in [0.3, 0.4) is 0 Å². The number of hydrogen-bond acceptors (Lipinski definition) is 4. The number of hydrogen-bond donors (Lipinski definition) is 1. The number of amides is 2. The Balaban J connectivity index is 2.09. The molecular weight excluding hydrogens is 306 g/mol. The molecule has 2 rings (SSSR count). The van der Waals surface area contributed by atoms with E-state index in [1.807, 2.05) is 32.9 Å². The summed E-state index contributed by atoms with van der Waals surface area (Å²) in [6.07, 6.45) is 0.179. The second kappa shape index (κ2) is 7.29. The zero-order chi connectivity index (χ0) is 17.9. The number of nitrogens with one attached hydrogen (secondary N) is 1. The van der Waals surface area contributed by atoms with E-state index in [2.05, 4.69) is 10.5 Å². The van der Waals surface area contributed by atoms with Gasteiger partial charge in [-0.25, -0.2) is 0 Å². The monoisotopic (exact) mass is 329 g/mol. The first-order chi connectivity index (χ1) is 11.3. The highest BCUT2D eigenvalue weighted by Crippen LogP contribution is 2.26. The Labute approximate surface area is 141 Å². The Bertz CT molecular complexity index is 742. The summed E-state index contributed by atoms with van der Waals surface area (Å²) in [7, 11) is 0. The molecule has 0 aliphatic carbocycles. The zero-order valence-corrected chi connectivity index (χ0v) is 14.8. The molecule has 0 aliphatic heterocycles. The normalized spacial score (nSPS) is 10.5. The van der Waals surface area contributed by atoms with Crippen LogP contribution in [0.5, 0.6) is 0 Å². The number of rotatable bonds is 5. The largest absolute Gasteiger partial charge is 0.360 e. The molecule has 0 radical (unpaired) electrons. The molecule has 24 heavy (non-hydrogen) atoms. The van der Waals surface area contributed by atoms with Gasteiger partial charge >= 0.3 is 0 Å². The van der Waals surface area contributed by atoms with Crippen molar-refractivity contribution in [1.29, 1.82) is 0 Å². The van der Waals surface area contributed by atoms with E-state index in [4.69, 9.17) is 4.52 Å². The van der Waals surface area contributed by atoms with Gasteiger partial charge in [-0.2, -0.15) is 0 Å². The van der Waals surface area contributed by atoms with Gasteiger partial charge in [-0.05, 0) is 38.8 Å². The molecule has 1 N–H and O–H groups in total. The smallest absolute Gasteiger partial charge is 0.227 e. The van der Waals surface area contributed by atoms with E-state index in [1.165, 1.54) is 6.92 Å². The Morgan fingerprint density at radius 1 is 1.12 bits per heavy atom. The Morgan fingerprint density at radius 3 is 2.25 bits per heavy atom. The highest BCUT2D eigenvalue weighted by Gasteiger charge is 2.18. The van der Waals surface area contributed by atoms with Gasteiger partial charge in [-0.15, -0.1) is 0 Å². The van der Waals surface area contributed by atoms with Crippen LogP contribution in [0.4, 0.5) is 11.5 Å². The molecule has 2 amide bonds. The van der Waals surface area contributed by atoms with Gasteiger partial charge in [-0.3, -0.25) is 9.59 Å². The average Bonchev–Trinajstić information content (AvgIpc) is 2.86. The SMILES string of the molecule is CC(=O)N(CCC(=O)Nc1cc(C)on1)c1c(C)cc(C)cc1C. The van der Waals surface area contributed by atoms with Crippen LogP contribution >= 0.6 is 0 Å². The number of aromatic nitrogens is 1. The summed E-state index contributed by atoms with van der Waals surface area (Å²) in [5.74, 6) is 0.711. The van der Waals surface area contributed by atoms with Crippen molar-refractivity contribution >= 4 is 23.3 Å². The molecule has 128 valence electrons. The molecule has 0 saturated carbocycles. The van der Waals surface area contributed by atoms with Crippen LogP contribution in [-0.2, 0) is 9.59 Å². The Hall–Kier alpha value is -2.63. The van der Waals surface area contributed by atoms with Gasteiger partial charge in [0.25, 0.3) is 0 Å². The van der Waals surface area contributed by atoms with Crippen LogP contribution in [0.2, 0.25) is 0 Å². The third-order valence-electron chi connectivity index (χ3n) is 3.74. The molecule has 0 aliphatic rings. The average molecular weight is 329 g/mol. The summed E-state index contributed by atoms with van der Waals surface area (Å²) in [6.45, 7) is 9.55. The van der Waals surface area contributed by atoms with Gasteiger partial charge in [0.1, 0.15) is 5.76 Å². The standard InChI is InChI=1S/C18H23N3O3/c1-11-8-12(2)18(13(3)9-11)21(15(5)22)7-6-17(23)19-16-10-14(4)24-20-16/h8-10H,6-7H2,1-5H3,(H,19,20,23). The topological polar surface area (TPSA) is 75.4 Å². The summed E-state index contributed by atoms with van der Waals surface area (Å²) >= 11 is 0. The van der Waals surface area contributed by atoms with Gasteiger partial charge in [0, 0.05) is 31.6 Å². The molecule has 0 saturated heterocycles. The van der Waals surface area contributed by atoms with E-state index in [0.29, 0.717) is 18.1 Å². The first-order valence-electron chi connectivity index (χ1n) is 7.87. The van der Waals surface area contributed by atoms with E-state index in [1.54, 1.807) is 17.9 Å². The highest BCUT2D eigenvalue weighted by atomic mass is 16.5. The van der Waals surface area contributed by atoms with Crippen LogP contribution in [-0.4, -0.2) is 23.5 Å². The van der Waals surface area contributed by atoms with E-state index in [0.717, 1.165) is 22.4 Å². The van der Waals surface area contributed by atoms with Crippen molar-refractivity contribution in [3.63, 3.8) is 0 Å². The summed E-state index contributed by atoms with van der Waals surface area (Å²) in [5, 5.41) is 6.39. The maximum Gasteiger partial charge on any atom is 0.227 e. The maximum absolute atomic E-state index is 12.1. The van der Waals surface area contributed by atoms with Crippen molar-refractivity contribution < 1.29 is 14.1 Å². The molecule has 0 atom stereocenters. The van der Waals surface area contributed by atoms with Crippen molar-refractivity contribution in [3.8, 4) is 0 Å². The van der Waals surface area contributed by atoms with Crippen LogP contribution in [0.15, 0.2) is 22.7 Å². The van der Waals surface area contributed by atoms with E-state index in [-0.39, 0.29) is 18.2 Å². The number of aryl methyl sites for hydroxylation is 4. The van der Waals surface area contributed by atoms with E-state index in [9.17, 15) is 9.59 Å². The fraction of sp³-hybridized carbons (Fsp3) is 0.389. The molecule has 2 aromatic rings. The third kappa shape index (κ3) is 4.22. The lowest BCUT2D eigenvalue weighted by molar-refractivity contribution is -0.117. The molecule has 6 heteroatoms. The Morgan fingerprint density at radius 2 is 1.75 bits per heavy atom. The fourth-order valence-electron chi connectivity index (χ4n) is 2.87. The van der Waals surface area contributed by atoms with E-state index < -0.39 is 0 Å². The van der Waals surface area contributed by atoms with Crippen LogP contribution in [0, 0.1) is 27.7 Å². The summed E-state index contributed by atoms with van der Waals surface area (Å²) in [5.41, 5.74) is 4.07. The van der Waals surface area contributed by atoms with Crippen molar-refractivity contribution in [1.82, 2.24) is 5.16 Å². The minimum atomic E-state index is -0.211. The lowest BCUT2D eigenvalue weighted by atomic mass is 10.0. The number of carbonyl (C=O) groups excluding carboxylic acids is 2. The fourth-order valence-corrected chi connectivity index (χ4v) is 2.87. The molecular formula is C18H23N3O3. The molecule has 0 spiro atoms. The zero-order valence-electron chi connectivity index (χ0n) is 14.8. The lowest BCUT2D eigenvalue weighted by Gasteiger charge is -2.25. The molecule has 0 fully saturated rings. The van der Waals surface area contributed by atoms with Gasteiger partial charge in [0.15, 0.2) is 5.82 Å². The summed E-state index contributed by atoms with van der Waals surface area (Å²) in [6, 6.07) is 5.72. The predicted molar refractivity (Wildman–Crippen MR) is 93.2 cm³/mol. The quantitative estimate of drug-likeness (QED) is 0.913. The van der Waals surface area contributed by atoms with Gasteiger partial charge in [-0.1, -0.05) is 22.9 Å². The maximum atomic E-state index is 12.1. The van der Waals surface area contributed by atoms with Gasteiger partial charge in [0.05, 0.1) is 0 Å². The van der Waals surface area contributed by atoms with Crippen LogP contribution in [0.1, 0.15) is 35.8 Å². The van der Waals surface area contributed by atoms with E-state index >= 15 is 0 Å². The first-order valence-corrected chi connectivity index (χ1v) is 7.87. The summed E-state index contributed by atoms with van der Waals surface area (Å²) in [4.78, 5) is 25.8. The predicted octanol–water partition coefficient (Wildman–Crippen LogP) is 3.29. The number of nitrogens with zero attached hydrogens (tertiary/aromatic N) is 2. The molecule has 1 heterocycles. The molecule has 0 unspecified atom stereocenters. The number of anilines is 2. The number of benzene rings is 1. The van der Waals surface area contributed by atoms with Crippen molar-refractivity contribution in [2.75, 3.05) is 16.8 Å².